The Kier molecular flexibility index (Phi) is 4.43. The molecule has 0 spiro atoms. The van der Waals surface area contributed by atoms with E-state index < -0.39 is 5.60 Å². The topological polar surface area (TPSA) is 75.5 Å². The number of nitrogen functional groups attached to an aromatic ring is 1. The van der Waals surface area contributed by atoms with Gasteiger partial charge in [-0.05, 0) is 38.3 Å². The van der Waals surface area contributed by atoms with Crippen LogP contribution in [0.3, 0.4) is 0 Å². The molecule has 4 nitrogen and oxygen atoms in total. The average molecular weight is 269 g/mol. The molecular weight excluding hydrogens is 245 g/mol. The Hall–Kier alpha value is -1.33. The predicted molar refractivity (Wildman–Crippen MR) is 77.5 cm³/mol. The number of benzene rings is 1. The summed E-state index contributed by atoms with van der Waals surface area (Å²) in [5.74, 6) is 5.63. The summed E-state index contributed by atoms with van der Waals surface area (Å²) in [6, 6.07) is 1.57. The average Bonchev–Trinajstić information content (AvgIpc) is 2.19. The maximum absolute atomic E-state index is 14.3. The number of hydrogen-bond acceptors (Lipinski definition) is 4. The van der Waals surface area contributed by atoms with Crippen LogP contribution in [0, 0.1) is 12.7 Å². The van der Waals surface area contributed by atoms with E-state index in [1.54, 1.807) is 26.8 Å². The predicted octanol–water partition coefficient (Wildman–Crippen LogP) is 2.29. The Morgan fingerprint density at radius 2 is 1.95 bits per heavy atom. The number of rotatable bonds is 4. The van der Waals surface area contributed by atoms with Crippen LogP contribution in [-0.2, 0) is 0 Å². The van der Waals surface area contributed by atoms with Gasteiger partial charge in [0.2, 0.25) is 0 Å². The van der Waals surface area contributed by atoms with Crippen molar-refractivity contribution in [1.29, 1.82) is 0 Å². The van der Waals surface area contributed by atoms with Crippen LogP contribution in [0.1, 0.15) is 44.7 Å². The van der Waals surface area contributed by atoms with Crippen molar-refractivity contribution < 1.29 is 9.50 Å². The van der Waals surface area contributed by atoms with E-state index in [4.69, 9.17) is 11.6 Å². The molecule has 0 saturated carbocycles. The highest BCUT2D eigenvalue weighted by molar-refractivity contribution is 5.73. The molecule has 0 aliphatic carbocycles. The van der Waals surface area contributed by atoms with E-state index in [0.717, 1.165) is 0 Å². The Morgan fingerprint density at radius 1 is 1.42 bits per heavy atom. The molecule has 0 atom stereocenters. The number of halogens is 1. The van der Waals surface area contributed by atoms with Crippen molar-refractivity contribution in [2.24, 2.45) is 5.84 Å². The molecule has 5 heteroatoms. The molecule has 5 N–H and O–H groups in total. The fraction of sp³-hybridized carbons (Fsp3) is 0.571. The van der Waals surface area contributed by atoms with Crippen LogP contribution in [0.15, 0.2) is 6.07 Å². The fourth-order valence-corrected chi connectivity index (χ4v) is 2.18. The van der Waals surface area contributed by atoms with Crippen molar-refractivity contribution in [3.8, 4) is 0 Å². The minimum Gasteiger partial charge on any atom is -0.397 e. The number of aryl methyl sites for hydroxylation is 1. The fourth-order valence-electron chi connectivity index (χ4n) is 2.18. The lowest BCUT2D eigenvalue weighted by molar-refractivity contribution is 0.0873. The molecule has 1 aromatic rings. The molecule has 0 saturated heterocycles. The largest absolute Gasteiger partial charge is 0.397 e. The maximum Gasteiger partial charge on any atom is 0.131 e. The highest BCUT2D eigenvalue weighted by atomic mass is 19.1. The van der Waals surface area contributed by atoms with Gasteiger partial charge in [0.1, 0.15) is 5.82 Å². The first kappa shape index (κ1) is 15.7. The second-order valence-corrected chi connectivity index (χ2v) is 5.95. The first-order valence-corrected chi connectivity index (χ1v) is 6.37. The summed E-state index contributed by atoms with van der Waals surface area (Å²) >= 11 is 0. The van der Waals surface area contributed by atoms with Gasteiger partial charge in [-0.15, -0.1) is 0 Å². The van der Waals surface area contributed by atoms with Gasteiger partial charge in [-0.25, -0.2) is 10.2 Å². The Morgan fingerprint density at radius 3 is 2.37 bits per heavy atom. The molecule has 108 valence electrons. The summed E-state index contributed by atoms with van der Waals surface area (Å²) in [5, 5.41) is 11.2. The standard InChI is InChI=1S/C14H24FN3O/c1-8(2)11-12(15)9(3)6-10(16)13(11)18(17)7-14(4,5)19/h6,8,19H,7,16-17H2,1-5H3. The quantitative estimate of drug-likeness (QED) is 0.445. The first-order valence-electron chi connectivity index (χ1n) is 6.37. The lowest BCUT2D eigenvalue weighted by atomic mass is 9.95. The van der Waals surface area contributed by atoms with Gasteiger partial charge in [0.15, 0.2) is 0 Å². The zero-order valence-electron chi connectivity index (χ0n) is 12.3. The van der Waals surface area contributed by atoms with Crippen molar-refractivity contribution in [3.63, 3.8) is 0 Å². The van der Waals surface area contributed by atoms with Gasteiger partial charge in [0.25, 0.3) is 0 Å². The molecule has 0 aromatic heterocycles. The SMILES string of the molecule is Cc1cc(N)c(N(N)CC(C)(C)O)c(C(C)C)c1F. The normalized spacial score (nSPS) is 12.1. The van der Waals surface area contributed by atoms with Crippen molar-refractivity contribution in [2.75, 3.05) is 17.3 Å². The van der Waals surface area contributed by atoms with E-state index in [1.165, 1.54) is 5.01 Å². The zero-order valence-corrected chi connectivity index (χ0v) is 12.3. The maximum atomic E-state index is 14.3. The van der Waals surface area contributed by atoms with E-state index in [2.05, 4.69) is 0 Å². The molecule has 0 fully saturated rings. The van der Waals surface area contributed by atoms with E-state index in [9.17, 15) is 9.50 Å². The monoisotopic (exact) mass is 269 g/mol. The Bertz CT molecular complexity index is 467. The van der Waals surface area contributed by atoms with Crippen molar-refractivity contribution in [3.05, 3.63) is 23.0 Å². The second-order valence-electron chi connectivity index (χ2n) is 5.95. The molecule has 0 unspecified atom stereocenters. The molecule has 0 aliphatic rings. The van der Waals surface area contributed by atoms with Gasteiger partial charge in [-0.2, -0.15) is 0 Å². The molecule has 1 rings (SSSR count). The third-order valence-corrected chi connectivity index (χ3v) is 2.91. The van der Waals surface area contributed by atoms with E-state index in [-0.39, 0.29) is 18.3 Å². The van der Waals surface area contributed by atoms with Crippen LogP contribution in [0.2, 0.25) is 0 Å². The van der Waals surface area contributed by atoms with Crippen LogP contribution in [0.5, 0.6) is 0 Å². The van der Waals surface area contributed by atoms with Crippen LogP contribution < -0.4 is 16.6 Å². The molecule has 0 heterocycles. The van der Waals surface area contributed by atoms with Gasteiger partial charge >= 0.3 is 0 Å². The number of anilines is 2. The Balaban J connectivity index is 3.37. The third kappa shape index (κ3) is 3.58. The number of nitrogens with two attached hydrogens (primary N) is 2. The minimum atomic E-state index is -0.989. The van der Waals surface area contributed by atoms with Gasteiger partial charge < -0.3 is 15.8 Å². The number of nitrogens with zero attached hydrogens (tertiary/aromatic N) is 1. The summed E-state index contributed by atoms with van der Waals surface area (Å²) in [7, 11) is 0. The summed E-state index contributed by atoms with van der Waals surface area (Å²) in [6.45, 7) is 8.90. The second kappa shape index (κ2) is 5.35. The summed E-state index contributed by atoms with van der Waals surface area (Å²) in [6.07, 6.45) is 0. The Labute approximate surface area is 114 Å². The van der Waals surface area contributed by atoms with Gasteiger partial charge in [-0.3, -0.25) is 0 Å². The molecule has 1 aromatic carbocycles. The smallest absolute Gasteiger partial charge is 0.131 e. The third-order valence-electron chi connectivity index (χ3n) is 2.91. The molecule has 0 bridgehead atoms. The molecule has 0 amide bonds. The van der Waals surface area contributed by atoms with Gasteiger partial charge in [-0.1, -0.05) is 13.8 Å². The number of hydrogen-bond donors (Lipinski definition) is 3. The van der Waals surface area contributed by atoms with E-state index in [1.807, 2.05) is 13.8 Å². The molecule has 0 radical (unpaired) electrons. The van der Waals surface area contributed by atoms with Crippen LogP contribution in [0.25, 0.3) is 0 Å². The van der Waals surface area contributed by atoms with Crippen LogP contribution >= 0.6 is 0 Å². The van der Waals surface area contributed by atoms with E-state index >= 15 is 0 Å². The lowest BCUT2D eigenvalue weighted by Crippen LogP contribution is -2.44. The van der Waals surface area contributed by atoms with E-state index in [0.29, 0.717) is 22.5 Å². The number of aliphatic hydroxyl groups is 1. The zero-order chi connectivity index (χ0) is 15.0. The highest BCUT2D eigenvalue weighted by Gasteiger charge is 2.24. The van der Waals surface area contributed by atoms with Crippen molar-refractivity contribution in [1.82, 2.24) is 0 Å². The summed E-state index contributed by atoms with van der Waals surface area (Å²) in [5.41, 5.74) is 6.86. The number of hydrazine groups is 1. The van der Waals surface area contributed by atoms with Crippen molar-refractivity contribution >= 4 is 11.4 Å². The van der Waals surface area contributed by atoms with Gasteiger partial charge in [0, 0.05) is 5.56 Å². The molecule has 19 heavy (non-hydrogen) atoms. The minimum absolute atomic E-state index is 0.0509. The van der Waals surface area contributed by atoms with Crippen molar-refractivity contribution in [2.45, 2.75) is 46.1 Å². The van der Waals surface area contributed by atoms with Crippen LogP contribution in [-0.4, -0.2) is 17.3 Å². The van der Waals surface area contributed by atoms with Gasteiger partial charge in [0.05, 0.1) is 23.5 Å². The van der Waals surface area contributed by atoms with Crippen LogP contribution in [0.4, 0.5) is 15.8 Å². The molecular formula is C14H24FN3O. The summed E-state index contributed by atoms with van der Waals surface area (Å²) in [4.78, 5) is 0. The lowest BCUT2D eigenvalue weighted by Gasteiger charge is -2.30. The highest BCUT2D eigenvalue weighted by Crippen LogP contribution is 2.36. The first-order chi connectivity index (χ1) is 8.54. The summed E-state index contributed by atoms with van der Waals surface area (Å²) < 4.78 is 14.3. The molecule has 0 aliphatic heterocycles.